The average Bonchev–Trinajstić information content (AvgIpc) is 2.41. The molecule has 0 radical (unpaired) electrons. The fourth-order valence-electron chi connectivity index (χ4n) is 1.52. The maximum Gasteiger partial charge on any atom is 0.394 e. The minimum atomic E-state index is -1.80. The summed E-state index contributed by atoms with van der Waals surface area (Å²) >= 11 is 0. The summed E-state index contributed by atoms with van der Waals surface area (Å²) in [4.78, 5) is 54.7. The van der Waals surface area contributed by atoms with Gasteiger partial charge >= 0.3 is 29.8 Å². The number of urea groups is 1. The van der Waals surface area contributed by atoms with Gasteiger partial charge in [0.15, 0.2) is 0 Å². The van der Waals surface area contributed by atoms with E-state index in [9.17, 15) is 24.0 Å². The van der Waals surface area contributed by atoms with Crippen LogP contribution >= 0.6 is 0 Å². The Morgan fingerprint density at radius 3 is 1.74 bits per heavy atom. The van der Waals surface area contributed by atoms with Crippen molar-refractivity contribution < 1.29 is 39.3 Å². The Bertz CT molecular complexity index is 491. The highest BCUT2D eigenvalue weighted by Crippen LogP contribution is 2.04. The van der Waals surface area contributed by atoms with Crippen LogP contribution < -0.4 is 16.0 Å². The lowest BCUT2D eigenvalue weighted by molar-refractivity contribution is -0.150. The maximum atomic E-state index is 11.7. The average molecular weight is 333 g/mol. The van der Waals surface area contributed by atoms with Gasteiger partial charge in [-0.05, 0) is 12.3 Å². The smallest absolute Gasteiger partial charge is 0.394 e. The fourth-order valence-corrected chi connectivity index (χ4v) is 1.52. The van der Waals surface area contributed by atoms with Crippen LogP contribution in [0, 0.1) is 5.92 Å². The highest BCUT2D eigenvalue weighted by molar-refractivity contribution is 6.31. The normalized spacial score (nSPS) is 12.8. The molecule has 0 aromatic heterocycles. The second-order valence-corrected chi connectivity index (χ2v) is 5.04. The minimum absolute atomic E-state index is 0.0264. The molecule has 0 aromatic carbocycles. The van der Waals surface area contributed by atoms with Crippen molar-refractivity contribution >= 4 is 29.8 Å². The molecular weight excluding hydrogens is 314 g/mol. The molecule has 3 amide bonds. The first-order chi connectivity index (χ1) is 10.5. The van der Waals surface area contributed by atoms with Crippen molar-refractivity contribution in [1.29, 1.82) is 0 Å². The largest absolute Gasteiger partial charge is 0.480 e. The third-order valence-corrected chi connectivity index (χ3v) is 2.57. The molecule has 0 fully saturated rings. The van der Waals surface area contributed by atoms with Crippen molar-refractivity contribution in [1.82, 2.24) is 16.0 Å². The van der Waals surface area contributed by atoms with Crippen LogP contribution in [-0.4, -0.2) is 63.8 Å². The number of nitrogens with one attached hydrogen (secondary N) is 3. The zero-order valence-electron chi connectivity index (χ0n) is 12.5. The van der Waals surface area contributed by atoms with Crippen molar-refractivity contribution in [2.45, 2.75) is 32.4 Å². The monoisotopic (exact) mass is 333 g/mol. The lowest BCUT2D eigenvalue weighted by Crippen LogP contribution is -2.55. The van der Waals surface area contributed by atoms with E-state index >= 15 is 0 Å². The molecule has 130 valence electrons. The van der Waals surface area contributed by atoms with Crippen molar-refractivity contribution in [2.75, 3.05) is 6.54 Å². The SMILES string of the molecule is CC(C)C[C@H](NC(=O)N[C@@H](CNC(=O)C(=O)O)C(=O)O)C(=O)O. The van der Waals surface area contributed by atoms with Crippen molar-refractivity contribution in [2.24, 2.45) is 5.92 Å². The van der Waals surface area contributed by atoms with Crippen LogP contribution in [0.25, 0.3) is 0 Å². The standard InChI is InChI=1S/C12H19N3O8/c1-5(2)3-6(9(17)18)14-12(23)15-7(10(19)20)4-13-8(16)11(21)22/h5-7H,3-4H2,1-2H3,(H,13,16)(H,17,18)(H,19,20)(H,21,22)(H2,14,15,23)/t6-,7-/m0/s1. The molecule has 11 nitrogen and oxygen atoms in total. The van der Waals surface area contributed by atoms with Gasteiger partial charge in [0, 0.05) is 6.54 Å². The van der Waals surface area contributed by atoms with Gasteiger partial charge < -0.3 is 31.3 Å². The first kappa shape index (κ1) is 20.1. The van der Waals surface area contributed by atoms with Gasteiger partial charge in [0.1, 0.15) is 12.1 Å². The molecule has 0 aliphatic heterocycles. The predicted molar refractivity (Wildman–Crippen MR) is 74.6 cm³/mol. The molecule has 0 aromatic rings. The van der Waals surface area contributed by atoms with Crippen molar-refractivity contribution in [3.8, 4) is 0 Å². The Morgan fingerprint density at radius 2 is 1.35 bits per heavy atom. The van der Waals surface area contributed by atoms with Crippen LogP contribution in [0.4, 0.5) is 4.79 Å². The summed E-state index contributed by atoms with van der Waals surface area (Å²) in [5.41, 5.74) is 0. The zero-order chi connectivity index (χ0) is 18.2. The van der Waals surface area contributed by atoms with Gasteiger partial charge in [0.05, 0.1) is 0 Å². The van der Waals surface area contributed by atoms with Crippen LogP contribution in [-0.2, 0) is 19.2 Å². The second-order valence-electron chi connectivity index (χ2n) is 5.04. The van der Waals surface area contributed by atoms with Crippen LogP contribution in [0.3, 0.4) is 0 Å². The molecule has 0 saturated carbocycles. The Kier molecular flexibility index (Phi) is 8.08. The molecule has 0 heterocycles. The highest BCUT2D eigenvalue weighted by atomic mass is 16.4. The Hall–Kier alpha value is -2.85. The topological polar surface area (TPSA) is 182 Å². The van der Waals surface area contributed by atoms with Crippen LogP contribution in [0.2, 0.25) is 0 Å². The molecule has 0 aliphatic carbocycles. The quantitative estimate of drug-likeness (QED) is 0.288. The van der Waals surface area contributed by atoms with E-state index in [-0.39, 0.29) is 12.3 Å². The van der Waals surface area contributed by atoms with E-state index in [4.69, 9.17) is 15.3 Å². The zero-order valence-corrected chi connectivity index (χ0v) is 12.5. The van der Waals surface area contributed by atoms with Gasteiger partial charge in [0.25, 0.3) is 0 Å². The third kappa shape index (κ3) is 8.24. The number of hydrogen-bond acceptors (Lipinski definition) is 5. The van der Waals surface area contributed by atoms with Crippen LogP contribution in [0.5, 0.6) is 0 Å². The molecule has 2 atom stereocenters. The molecular formula is C12H19N3O8. The number of hydrogen-bond donors (Lipinski definition) is 6. The minimum Gasteiger partial charge on any atom is -0.480 e. The number of carbonyl (C=O) groups is 5. The van der Waals surface area contributed by atoms with E-state index < -0.39 is 48.5 Å². The highest BCUT2D eigenvalue weighted by Gasteiger charge is 2.25. The molecule has 0 rings (SSSR count). The Balaban J connectivity index is 4.65. The summed E-state index contributed by atoms with van der Waals surface area (Å²) in [7, 11) is 0. The van der Waals surface area contributed by atoms with Crippen molar-refractivity contribution in [3.05, 3.63) is 0 Å². The number of amides is 3. The van der Waals surface area contributed by atoms with E-state index in [1.54, 1.807) is 19.2 Å². The molecule has 0 spiro atoms. The summed E-state index contributed by atoms with van der Waals surface area (Å²) < 4.78 is 0. The van der Waals surface area contributed by atoms with Gasteiger partial charge in [-0.2, -0.15) is 0 Å². The summed E-state index contributed by atoms with van der Waals surface area (Å²) in [6, 6.07) is -3.89. The van der Waals surface area contributed by atoms with E-state index in [2.05, 4.69) is 5.32 Å². The van der Waals surface area contributed by atoms with Crippen molar-refractivity contribution in [3.63, 3.8) is 0 Å². The number of carboxylic acid groups (broad SMARTS) is 3. The van der Waals surface area contributed by atoms with Gasteiger partial charge in [-0.1, -0.05) is 13.8 Å². The summed E-state index contributed by atoms with van der Waals surface area (Å²) in [5, 5.41) is 32.1. The van der Waals surface area contributed by atoms with E-state index in [0.29, 0.717) is 0 Å². The Morgan fingerprint density at radius 1 is 0.870 bits per heavy atom. The molecule has 0 bridgehead atoms. The summed E-state index contributed by atoms with van der Waals surface area (Å²) in [6.45, 7) is 2.82. The van der Waals surface area contributed by atoms with Gasteiger partial charge in [-0.25, -0.2) is 19.2 Å². The predicted octanol–water partition coefficient (Wildman–Crippen LogP) is -1.56. The molecule has 23 heavy (non-hydrogen) atoms. The first-order valence-corrected chi connectivity index (χ1v) is 6.58. The molecule has 6 N–H and O–H groups in total. The Labute approximate surface area is 131 Å². The first-order valence-electron chi connectivity index (χ1n) is 6.58. The second kappa shape index (κ2) is 9.23. The van der Waals surface area contributed by atoms with E-state index in [1.165, 1.54) is 0 Å². The molecule has 0 saturated heterocycles. The fraction of sp³-hybridized carbons (Fsp3) is 0.583. The number of rotatable bonds is 8. The maximum absolute atomic E-state index is 11.7. The van der Waals surface area contributed by atoms with E-state index in [1.807, 2.05) is 5.32 Å². The molecule has 0 unspecified atom stereocenters. The molecule has 11 heteroatoms. The van der Waals surface area contributed by atoms with Crippen LogP contribution in [0.15, 0.2) is 0 Å². The summed E-state index contributed by atoms with van der Waals surface area (Å²) in [6.07, 6.45) is 0.135. The third-order valence-electron chi connectivity index (χ3n) is 2.57. The van der Waals surface area contributed by atoms with Crippen LogP contribution in [0.1, 0.15) is 20.3 Å². The number of carbonyl (C=O) groups excluding carboxylic acids is 2. The lowest BCUT2D eigenvalue weighted by Gasteiger charge is -2.19. The lowest BCUT2D eigenvalue weighted by atomic mass is 10.0. The van der Waals surface area contributed by atoms with Gasteiger partial charge in [-0.3, -0.25) is 4.79 Å². The summed E-state index contributed by atoms with van der Waals surface area (Å²) in [5.74, 6) is -6.06. The van der Waals surface area contributed by atoms with E-state index in [0.717, 1.165) is 0 Å². The number of carboxylic acids is 3. The van der Waals surface area contributed by atoms with Gasteiger partial charge in [-0.15, -0.1) is 0 Å². The number of aliphatic carboxylic acids is 3. The molecule has 0 aliphatic rings. The van der Waals surface area contributed by atoms with Gasteiger partial charge in [0.2, 0.25) is 0 Å².